The van der Waals surface area contributed by atoms with Crippen molar-refractivity contribution >= 4 is 11.0 Å². The first kappa shape index (κ1) is 13.7. The van der Waals surface area contributed by atoms with Crippen LogP contribution < -0.4 is 0 Å². The van der Waals surface area contributed by atoms with Crippen molar-refractivity contribution in [2.75, 3.05) is 0 Å². The highest BCUT2D eigenvalue weighted by Crippen LogP contribution is 2.23. The summed E-state index contributed by atoms with van der Waals surface area (Å²) < 4.78 is 28.5. The zero-order valence-electron chi connectivity index (χ0n) is 11.4. The van der Waals surface area contributed by atoms with Crippen LogP contribution in [0.5, 0.6) is 0 Å². The lowest BCUT2D eigenvalue weighted by Crippen LogP contribution is -2.11. The Kier molecular flexibility index (Phi) is 3.43. The number of hydrogen-bond donors (Lipinski definition) is 1. The number of aryl methyl sites for hydroxylation is 1. The number of rotatable bonds is 3. The molecule has 0 radical (unpaired) electrons. The third-order valence-corrected chi connectivity index (χ3v) is 3.52. The Morgan fingerprint density at radius 2 is 1.95 bits per heavy atom. The van der Waals surface area contributed by atoms with Crippen molar-refractivity contribution in [1.82, 2.24) is 9.55 Å². The van der Waals surface area contributed by atoms with E-state index in [1.807, 2.05) is 35.8 Å². The molecule has 0 bridgehead atoms. The first-order valence-corrected chi connectivity index (χ1v) is 6.61. The smallest absolute Gasteiger partial charge is 0.131 e. The molecule has 1 heterocycles. The molecule has 5 heteroatoms. The summed E-state index contributed by atoms with van der Waals surface area (Å²) in [6.07, 6.45) is -1.07. The maximum atomic E-state index is 13.7. The number of halogens is 2. The molecule has 0 spiro atoms. The number of hydrogen-bond acceptors (Lipinski definition) is 2. The molecule has 0 amide bonds. The summed E-state index contributed by atoms with van der Waals surface area (Å²) in [5.74, 6) is -0.671. The van der Waals surface area contributed by atoms with Crippen molar-refractivity contribution in [3.8, 4) is 0 Å². The Bertz CT molecular complexity index is 798. The van der Waals surface area contributed by atoms with Crippen LogP contribution in [0.4, 0.5) is 8.78 Å². The van der Waals surface area contributed by atoms with Gasteiger partial charge in [0.25, 0.3) is 0 Å². The summed E-state index contributed by atoms with van der Waals surface area (Å²) in [5.41, 5.74) is 1.77. The van der Waals surface area contributed by atoms with Gasteiger partial charge in [-0.05, 0) is 25.1 Å². The normalized spacial score (nSPS) is 12.8. The minimum absolute atomic E-state index is 0.0774. The van der Waals surface area contributed by atoms with Crippen LogP contribution in [0.2, 0.25) is 0 Å². The summed E-state index contributed by atoms with van der Waals surface area (Å²) in [4.78, 5) is 4.39. The highest BCUT2D eigenvalue weighted by atomic mass is 19.1. The van der Waals surface area contributed by atoms with E-state index in [9.17, 15) is 13.9 Å². The molecule has 0 fully saturated rings. The number of aliphatic hydroxyl groups excluding tert-OH is 1. The van der Waals surface area contributed by atoms with Crippen LogP contribution in [-0.4, -0.2) is 14.7 Å². The molecular weight excluding hydrogens is 274 g/mol. The predicted molar refractivity (Wildman–Crippen MR) is 75.8 cm³/mol. The van der Waals surface area contributed by atoms with Gasteiger partial charge in [-0.1, -0.05) is 18.2 Å². The standard InChI is InChI=1S/C16H14F2N2O/c1-10-19-14-4-2-3-5-15(14)20(10)9-16(21)12-7-6-11(17)8-13(12)18/h2-8,16,21H,9H2,1H3/t16-/m1/s1. The summed E-state index contributed by atoms with van der Waals surface area (Å²) in [6, 6.07) is 10.7. The van der Waals surface area contributed by atoms with Crippen LogP contribution in [-0.2, 0) is 6.54 Å². The fraction of sp³-hybridized carbons (Fsp3) is 0.188. The van der Waals surface area contributed by atoms with Crippen LogP contribution in [0.25, 0.3) is 11.0 Å². The first-order valence-electron chi connectivity index (χ1n) is 6.61. The third kappa shape index (κ3) is 2.52. The van der Waals surface area contributed by atoms with E-state index in [4.69, 9.17) is 0 Å². The fourth-order valence-electron chi connectivity index (χ4n) is 2.47. The van der Waals surface area contributed by atoms with E-state index < -0.39 is 17.7 Å². The van der Waals surface area contributed by atoms with E-state index in [2.05, 4.69) is 4.98 Å². The van der Waals surface area contributed by atoms with Crippen molar-refractivity contribution in [1.29, 1.82) is 0 Å². The van der Waals surface area contributed by atoms with Crippen molar-refractivity contribution in [2.24, 2.45) is 0 Å². The first-order chi connectivity index (χ1) is 10.1. The van der Waals surface area contributed by atoms with Gasteiger partial charge in [-0.3, -0.25) is 0 Å². The quantitative estimate of drug-likeness (QED) is 0.802. The SMILES string of the molecule is Cc1nc2ccccc2n1C[C@@H](O)c1ccc(F)cc1F. The van der Waals surface area contributed by atoms with E-state index in [0.717, 1.165) is 29.0 Å². The Morgan fingerprint density at radius 1 is 1.19 bits per heavy atom. The zero-order chi connectivity index (χ0) is 15.0. The maximum absolute atomic E-state index is 13.7. The van der Waals surface area contributed by atoms with E-state index >= 15 is 0 Å². The Balaban J connectivity index is 1.96. The molecule has 108 valence electrons. The van der Waals surface area contributed by atoms with Gasteiger partial charge in [0.05, 0.1) is 23.7 Å². The predicted octanol–water partition coefficient (Wildman–Crippen LogP) is 3.36. The second kappa shape index (κ2) is 5.26. The molecule has 3 nitrogen and oxygen atoms in total. The van der Waals surface area contributed by atoms with Gasteiger partial charge in [-0.2, -0.15) is 0 Å². The highest BCUT2D eigenvalue weighted by Gasteiger charge is 2.16. The van der Waals surface area contributed by atoms with Crippen molar-refractivity contribution in [3.05, 3.63) is 65.5 Å². The van der Waals surface area contributed by atoms with Gasteiger partial charge in [-0.25, -0.2) is 13.8 Å². The molecule has 21 heavy (non-hydrogen) atoms. The van der Waals surface area contributed by atoms with Gasteiger partial charge < -0.3 is 9.67 Å². The molecule has 0 saturated carbocycles. The Hall–Kier alpha value is -2.27. The van der Waals surface area contributed by atoms with Gasteiger partial charge in [0.1, 0.15) is 17.5 Å². The molecule has 0 aliphatic heterocycles. The molecular formula is C16H14F2N2O. The van der Waals surface area contributed by atoms with E-state index in [0.29, 0.717) is 0 Å². The Morgan fingerprint density at radius 3 is 2.71 bits per heavy atom. The van der Waals surface area contributed by atoms with Crippen molar-refractivity contribution in [2.45, 2.75) is 19.6 Å². The molecule has 0 saturated heterocycles. The lowest BCUT2D eigenvalue weighted by molar-refractivity contribution is 0.152. The average Bonchev–Trinajstić information content (AvgIpc) is 2.75. The molecule has 0 aliphatic rings. The van der Waals surface area contributed by atoms with Crippen LogP contribution in [0.1, 0.15) is 17.5 Å². The van der Waals surface area contributed by atoms with Gasteiger partial charge >= 0.3 is 0 Å². The number of imidazole rings is 1. The summed E-state index contributed by atoms with van der Waals surface area (Å²) in [6.45, 7) is 1.99. The maximum Gasteiger partial charge on any atom is 0.131 e. The van der Waals surface area contributed by atoms with Crippen LogP contribution in [0, 0.1) is 18.6 Å². The number of benzene rings is 2. The van der Waals surface area contributed by atoms with Crippen LogP contribution >= 0.6 is 0 Å². The van der Waals surface area contributed by atoms with Gasteiger partial charge in [0.2, 0.25) is 0 Å². The Labute approximate surface area is 120 Å². The molecule has 1 aromatic heterocycles. The molecule has 1 N–H and O–H groups in total. The fourth-order valence-corrected chi connectivity index (χ4v) is 2.47. The summed E-state index contributed by atoms with van der Waals surface area (Å²) >= 11 is 0. The van der Waals surface area contributed by atoms with Gasteiger partial charge in [-0.15, -0.1) is 0 Å². The molecule has 2 aromatic carbocycles. The van der Waals surface area contributed by atoms with E-state index in [1.165, 1.54) is 6.07 Å². The average molecular weight is 288 g/mol. The minimum Gasteiger partial charge on any atom is -0.386 e. The van der Waals surface area contributed by atoms with Gasteiger partial charge in [0, 0.05) is 11.6 Å². The number of fused-ring (bicyclic) bond motifs is 1. The molecule has 3 rings (SSSR count). The monoisotopic (exact) mass is 288 g/mol. The second-order valence-corrected chi connectivity index (χ2v) is 4.94. The lowest BCUT2D eigenvalue weighted by atomic mass is 10.1. The zero-order valence-corrected chi connectivity index (χ0v) is 11.4. The minimum atomic E-state index is -1.07. The van der Waals surface area contributed by atoms with Crippen molar-refractivity contribution in [3.63, 3.8) is 0 Å². The molecule has 0 unspecified atom stereocenters. The number of nitrogens with zero attached hydrogens (tertiary/aromatic N) is 2. The number of para-hydroxylation sites is 2. The summed E-state index contributed by atoms with van der Waals surface area (Å²) in [7, 11) is 0. The largest absolute Gasteiger partial charge is 0.386 e. The summed E-state index contributed by atoms with van der Waals surface area (Å²) in [5, 5.41) is 10.2. The van der Waals surface area contributed by atoms with Crippen molar-refractivity contribution < 1.29 is 13.9 Å². The van der Waals surface area contributed by atoms with E-state index in [-0.39, 0.29) is 12.1 Å². The topological polar surface area (TPSA) is 38.0 Å². The van der Waals surface area contributed by atoms with Crippen LogP contribution in [0.3, 0.4) is 0 Å². The van der Waals surface area contributed by atoms with Gasteiger partial charge in [0.15, 0.2) is 0 Å². The third-order valence-electron chi connectivity index (χ3n) is 3.52. The van der Waals surface area contributed by atoms with E-state index in [1.54, 1.807) is 0 Å². The molecule has 1 atom stereocenters. The molecule has 3 aromatic rings. The number of aromatic nitrogens is 2. The lowest BCUT2D eigenvalue weighted by Gasteiger charge is -2.14. The second-order valence-electron chi connectivity index (χ2n) is 4.94. The van der Waals surface area contributed by atoms with Crippen LogP contribution in [0.15, 0.2) is 42.5 Å². The highest BCUT2D eigenvalue weighted by molar-refractivity contribution is 5.75. The number of aliphatic hydroxyl groups is 1. The molecule has 0 aliphatic carbocycles.